The lowest BCUT2D eigenvalue weighted by Crippen LogP contribution is -2.02. The average Bonchev–Trinajstić information content (AvgIpc) is 2.51. The molecule has 0 aliphatic heterocycles. The maximum atomic E-state index is 5.80. The summed E-state index contributed by atoms with van der Waals surface area (Å²) in [7, 11) is 0. The normalized spacial score (nSPS) is 10.9. The Labute approximate surface area is 144 Å². The Kier molecular flexibility index (Phi) is 11.6. The molecule has 0 amide bonds. The molecule has 0 spiro atoms. The zero-order chi connectivity index (χ0) is 16.0. The van der Waals surface area contributed by atoms with Crippen molar-refractivity contribution in [3.8, 4) is 11.5 Å². The number of ether oxygens (including phenoxy) is 2. The zero-order valence-corrected chi connectivity index (χ0v) is 15.8. The molecule has 0 fully saturated rings. The second kappa shape index (κ2) is 13.0. The molecule has 1 aromatic carbocycles. The van der Waals surface area contributed by atoms with Gasteiger partial charge in [0.1, 0.15) is 11.5 Å². The summed E-state index contributed by atoms with van der Waals surface area (Å²) in [5.74, 6) is 7.35. The summed E-state index contributed by atoms with van der Waals surface area (Å²) in [5, 5.41) is 0. The number of rotatable bonds is 13. The van der Waals surface area contributed by atoms with Gasteiger partial charge in [0.2, 0.25) is 0 Å². The average molecular weight is 343 g/mol. The summed E-state index contributed by atoms with van der Waals surface area (Å²) in [5.41, 5.74) is 0. The molecule has 0 saturated heterocycles. The van der Waals surface area contributed by atoms with Crippen molar-refractivity contribution in [2.75, 3.05) is 36.2 Å². The van der Waals surface area contributed by atoms with Crippen LogP contribution in [0.1, 0.15) is 33.6 Å². The van der Waals surface area contributed by atoms with Crippen molar-refractivity contribution < 1.29 is 9.47 Å². The largest absolute Gasteiger partial charge is 0.493 e. The molecular weight excluding hydrogens is 312 g/mol. The summed E-state index contributed by atoms with van der Waals surface area (Å²) in [4.78, 5) is 0. The summed E-state index contributed by atoms with van der Waals surface area (Å²) in [6.07, 6.45) is 2.19. The molecule has 0 atom stereocenters. The first kappa shape index (κ1) is 19.6. The van der Waals surface area contributed by atoms with E-state index in [2.05, 4.69) is 20.8 Å². The van der Waals surface area contributed by atoms with Crippen LogP contribution < -0.4 is 9.47 Å². The molecular formula is C18H30O2S2. The van der Waals surface area contributed by atoms with E-state index >= 15 is 0 Å². The quantitative estimate of drug-likeness (QED) is 0.449. The smallest absolute Gasteiger partial charge is 0.122 e. The Morgan fingerprint density at radius 1 is 0.955 bits per heavy atom. The number of hydrogen-bond donors (Lipinski definition) is 0. The fraction of sp³-hybridized carbons (Fsp3) is 0.667. The Morgan fingerprint density at radius 3 is 2.09 bits per heavy atom. The first-order valence-corrected chi connectivity index (χ1v) is 10.5. The second-order valence-corrected chi connectivity index (χ2v) is 8.09. The molecule has 0 saturated carbocycles. The molecule has 2 nitrogen and oxygen atoms in total. The van der Waals surface area contributed by atoms with Gasteiger partial charge in [-0.3, -0.25) is 0 Å². The predicted octanol–water partition coefficient (Wildman–Crippen LogP) is 5.37. The van der Waals surface area contributed by atoms with Crippen LogP contribution in [0.15, 0.2) is 24.3 Å². The lowest BCUT2D eigenvalue weighted by atomic mass is 10.3. The highest BCUT2D eigenvalue weighted by molar-refractivity contribution is 7.99. The molecule has 0 N–H and O–H groups in total. The van der Waals surface area contributed by atoms with Gasteiger partial charge in [-0.1, -0.05) is 26.8 Å². The third kappa shape index (κ3) is 10.3. The van der Waals surface area contributed by atoms with Crippen LogP contribution in [0.3, 0.4) is 0 Å². The molecule has 0 aliphatic carbocycles. The van der Waals surface area contributed by atoms with E-state index in [9.17, 15) is 0 Å². The van der Waals surface area contributed by atoms with Crippen molar-refractivity contribution in [1.82, 2.24) is 0 Å². The summed E-state index contributed by atoms with van der Waals surface area (Å²) in [6, 6.07) is 7.99. The molecule has 0 aromatic heterocycles. The molecule has 0 radical (unpaired) electrons. The standard InChI is InChI=1S/C18H30O2S2/c1-4-21-12-6-10-19-17-8-5-9-18(14-17)20-11-7-13-22-15-16(2)3/h5,8-9,14,16H,4,6-7,10-13,15H2,1-3H3. The van der Waals surface area contributed by atoms with Crippen molar-refractivity contribution >= 4 is 23.5 Å². The first-order chi connectivity index (χ1) is 10.7. The molecule has 1 aromatic rings. The van der Waals surface area contributed by atoms with Gasteiger partial charge in [0.15, 0.2) is 0 Å². The summed E-state index contributed by atoms with van der Waals surface area (Å²) in [6.45, 7) is 8.27. The van der Waals surface area contributed by atoms with Crippen molar-refractivity contribution in [1.29, 1.82) is 0 Å². The van der Waals surface area contributed by atoms with Crippen LogP contribution in [0, 0.1) is 5.92 Å². The van der Waals surface area contributed by atoms with E-state index in [1.54, 1.807) is 0 Å². The molecule has 1 rings (SSSR count). The Morgan fingerprint density at radius 2 is 1.55 bits per heavy atom. The third-order valence-corrected chi connectivity index (χ3v) is 5.33. The van der Waals surface area contributed by atoms with Gasteiger partial charge in [-0.05, 0) is 53.9 Å². The van der Waals surface area contributed by atoms with Crippen molar-refractivity contribution in [2.45, 2.75) is 33.6 Å². The molecule has 0 aliphatic rings. The molecule has 0 unspecified atom stereocenters. The number of benzene rings is 1. The van der Waals surface area contributed by atoms with E-state index in [0.29, 0.717) is 0 Å². The second-order valence-electron chi connectivity index (χ2n) is 5.54. The van der Waals surface area contributed by atoms with Crippen molar-refractivity contribution in [2.24, 2.45) is 5.92 Å². The minimum atomic E-state index is 0.774. The Balaban J connectivity index is 2.15. The highest BCUT2D eigenvalue weighted by atomic mass is 32.2. The molecule has 0 heterocycles. The monoisotopic (exact) mass is 342 g/mol. The summed E-state index contributed by atoms with van der Waals surface area (Å²) >= 11 is 3.97. The van der Waals surface area contributed by atoms with Gasteiger partial charge < -0.3 is 9.47 Å². The lowest BCUT2D eigenvalue weighted by Gasteiger charge is -2.10. The topological polar surface area (TPSA) is 18.5 Å². The van der Waals surface area contributed by atoms with Crippen LogP contribution in [0.25, 0.3) is 0 Å². The lowest BCUT2D eigenvalue weighted by molar-refractivity contribution is 0.303. The number of hydrogen-bond acceptors (Lipinski definition) is 4. The van der Waals surface area contributed by atoms with Crippen LogP contribution in [0.4, 0.5) is 0 Å². The van der Waals surface area contributed by atoms with Crippen molar-refractivity contribution in [3.05, 3.63) is 24.3 Å². The maximum absolute atomic E-state index is 5.80. The van der Waals surface area contributed by atoms with Gasteiger partial charge in [0.05, 0.1) is 13.2 Å². The molecule has 22 heavy (non-hydrogen) atoms. The van der Waals surface area contributed by atoms with Gasteiger partial charge in [-0.2, -0.15) is 23.5 Å². The van der Waals surface area contributed by atoms with Gasteiger partial charge in [-0.25, -0.2) is 0 Å². The van der Waals surface area contributed by atoms with Crippen LogP contribution in [-0.4, -0.2) is 36.2 Å². The minimum absolute atomic E-state index is 0.774. The number of thioether (sulfide) groups is 2. The van der Waals surface area contributed by atoms with E-state index in [-0.39, 0.29) is 0 Å². The van der Waals surface area contributed by atoms with Gasteiger partial charge in [0, 0.05) is 6.07 Å². The fourth-order valence-electron chi connectivity index (χ4n) is 1.82. The van der Waals surface area contributed by atoms with Gasteiger partial charge in [-0.15, -0.1) is 0 Å². The fourth-order valence-corrected chi connectivity index (χ4v) is 3.39. The van der Waals surface area contributed by atoms with Crippen LogP contribution in [0.5, 0.6) is 11.5 Å². The van der Waals surface area contributed by atoms with E-state index < -0.39 is 0 Å². The third-order valence-electron chi connectivity index (χ3n) is 2.86. The zero-order valence-electron chi connectivity index (χ0n) is 14.2. The predicted molar refractivity (Wildman–Crippen MR) is 102 cm³/mol. The van der Waals surface area contributed by atoms with E-state index in [1.807, 2.05) is 47.8 Å². The van der Waals surface area contributed by atoms with E-state index in [1.165, 1.54) is 23.0 Å². The van der Waals surface area contributed by atoms with Gasteiger partial charge in [0.25, 0.3) is 0 Å². The molecule has 126 valence electrons. The SMILES string of the molecule is CCSCCCOc1cccc(OCCCSCC(C)C)c1. The van der Waals surface area contributed by atoms with E-state index in [4.69, 9.17) is 9.47 Å². The highest BCUT2D eigenvalue weighted by Crippen LogP contribution is 2.20. The Bertz CT molecular complexity index is 383. The van der Waals surface area contributed by atoms with Crippen LogP contribution in [-0.2, 0) is 0 Å². The summed E-state index contributed by atoms with van der Waals surface area (Å²) < 4.78 is 11.6. The molecule has 4 heteroatoms. The minimum Gasteiger partial charge on any atom is -0.493 e. The van der Waals surface area contributed by atoms with Crippen LogP contribution >= 0.6 is 23.5 Å². The maximum Gasteiger partial charge on any atom is 0.122 e. The van der Waals surface area contributed by atoms with Crippen LogP contribution in [0.2, 0.25) is 0 Å². The van der Waals surface area contributed by atoms with Crippen molar-refractivity contribution in [3.63, 3.8) is 0 Å². The van der Waals surface area contributed by atoms with E-state index in [0.717, 1.165) is 43.5 Å². The molecule has 0 bridgehead atoms. The van der Waals surface area contributed by atoms with Gasteiger partial charge >= 0.3 is 0 Å². The Hall–Kier alpha value is -0.480. The highest BCUT2D eigenvalue weighted by Gasteiger charge is 1.99. The first-order valence-electron chi connectivity index (χ1n) is 8.23.